The van der Waals surface area contributed by atoms with Gasteiger partial charge < -0.3 is 10.5 Å². The fourth-order valence-corrected chi connectivity index (χ4v) is 4.17. The summed E-state index contributed by atoms with van der Waals surface area (Å²) in [4.78, 5) is 12.1. The molecular weight excluding hydrogens is 264 g/mol. The second-order valence-electron chi connectivity index (χ2n) is 2.92. The van der Waals surface area contributed by atoms with Crippen LogP contribution in [0, 0.1) is 0 Å². The largest absolute Gasteiger partial charge is 0.462 e. The maximum Gasteiger partial charge on any atom is 0.350 e. The maximum atomic E-state index is 11.6. The third-order valence-electron chi connectivity index (χ3n) is 1.99. The van der Waals surface area contributed by atoms with E-state index >= 15 is 0 Å². The molecule has 0 aromatic carbocycles. The number of nitrogen functional groups attached to an aromatic ring is 1. The molecule has 0 aliphatic carbocycles. The average molecular weight is 274 g/mol. The van der Waals surface area contributed by atoms with Gasteiger partial charge >= 0.3 is 5.97 Å². The standard InChI is InChI=1S/C9H10N2O2S3/c1-3-13-8(12)6-5(10)4-7(14-2)11-16-9(4)15-6/h3,10H2,1-2H3. The molecule has 2 aromatic rings. The minimum Gasteiger partial charge on any atom is -0.462 e. The fraction of sp³-hybridized carbons (Fsp3) is 0.333. The first-order valence-corrected chi connectivity index (χ1v) is 7.39. The van der Waals surface area contributed by atoms with Crippen LogP contribution in [0.2, 0.25) is 0 Å². The van der Waals surface area contributed by atoms with Gasteiger partial charge in [0.1, 0.15) is 13.9 Å². The van der Waals surface area contributed by atoms with Gasteiger partial charge in [-0.2, -0.15) is 4.37 Å². The van der Waals surface area contributed by atoms with Gasteiger partial charge in [0, 0.05) is 0 Å². The predicted molar refractivity (Wildman–Crippen MR) is 69.6 cm³/mol. The second-order valence-corrected chi connectivity index (χ2v) is 5.77. The lowest BCUT2D eigenvalue weighted by atomic mass is 10.3. The molecule has 2 N–H and O–H groups in total. The molecule has 0 atom stereocenters. The third kappa shape index (κ3) is 1.79. The zero-order valence-electron chi connectivity index (χ0n) is 8.77. The van der Waals surface area contributed by atoms with E-state index < -0.39 is 0 Å². The van der Waals surface area contributed by atoms with E-state index in [1.807, 2.05) is 6.26 Å². The van der Waals surface area contributed by atoms with Crippen LogP contribution in [0.3, 0.4) is 0 Å². The number of fused-ring (bicyclic) bond motifs is 1. The number of thiophene rings is 1. The molecule has 0 saturated heterocycles. The van der Waals surface area contributed by atoms with Crippen LogP contribution < -0.4 is 5.73 Å². The number of anilines is 1. The molecule has 0 saturated carbocycles. The summed E-state index contributed by atoms with van der Waals surface area (Å²) < 4.78 is 10.2. The van der Waals surface area contributed by atoms with E-state index in [1.165, 1.54) is 34.6 Å². The molecule has 86 valence electrons. The SMILES string of the molecule is CCOC(=O)c1sc2snc(SC)c2c1N. The number of esters is 1. The normalized spacial score (nSPS) is 10.9. The van der Waals surface area contributed by atoms with Crippen LogP contribution in [-0.4, -0.2) is 23.2 Å². The van der Waals surface area contributed by atoms with E-state index in [0.717, 1.165) is 14.4 Å². The van der Waals surface area contributed by atoms with Crippen LogP contribution in [0.4, 0.5) is 5.69 Å². The monoisotopic (exact) mass is 274 g/mol. The van der Waals surface area contributed by atoms with Gasteiger partial charge in [-0.05, 0) is 24.7 Å². The Morgan fingerprint density at radius 2 is 2.38 bits per heavy atom. The zero-order valence-corrected chi connectivity index (χ0v) is 11.2. The van der Waals surface area contributed by atoms with E-state index in [4.69, 9.17) is 10.5 Å². The van der Waals surface area contributed by atoms with Crippen LogP contribution in [0.5, 0.6) is 0 Å². The number of carbonyl (C=O) groups is 1. The van der Waals surface area contributed by atoms with Crippen LogP contribution in [-0.2, 0) is 4.74 Å². The van der Waals surface area contributed by atoms with E-state index in [9.17, 15) is 4.79 Å². The Morgan fingerprint density at radius 3 is 3.00 bits per heavy atom. The summed E-state index contributed by atoms with van der Waals surface area (Å²) in [7, 11) is 0. The molecule has 0 spiro atoms. The quantitative estimate of drug-likeness (QED) is 0.688. The Morgan fingerprint density at radius 1 is 1.62 bits per heavy atom. The topological polar surface area (TPSA) is 65.2 Å². The van der Waals surface area contributed by atoms with E-state index in [0.29, 0.717) is 17.2 Å². The molecule has 0 bridgehead atoms. The number of nitrogens with zero attached hydrogens (tertiary/aromatic N) is 1. The molecular formula is C9H10N2O2S3. The van der Waals surface area contributed by atoms with Gasteiger partial charge in [0.05, 0.1) is 17.7 Å². The molecule has 0 aliphatic heterocycles. The molecule has 2 aromatic heterocycles. The minimum absolute atomic E-state index is 0.347. The van der Waals surface area contributed by atoms with Crippen molar-refractivity contribution >= 4 is 55.7 Å². The molecule has 0 aliphatic rings. The van der Waals surface area contributed by atoms with Crippen molar-refractivity contribution in [2.75, 3.05) is 18.6 Å². The van der Waals surface area contributed by atoms with Crippen LogP contribution >= 0.6 is 34.6 Å². The summed E-state index contributed by atoms with van der Waals surface area (Å²) in [6, 6.07) is 0. The van der Waals surface area contributed by atoms with Gasteiger partial charge in [-0.25, -0.2) is 4.79 Å². The van der Waals surface area contributed by atoms with Crippen molar-refractivity contribution in [2.45, 2.75) is 11.9 Å². The third-order valence-corrected chi connectivity index (χ3v) is 4.89. The number of rotatable bonds is 3. The van der Waals surface area contributed by atoms with E-state index in [-0.39, 0.29) is 5.97 Å². The summed E-state index contributed by atoms with van der Waals surface area (Å²) >= 11 is 4.25. The average Bonchev–Trinajstić information content (AvgIpc) is 2.79. The maximum absolute atomic E-state index is 11.6. The van der Waals surface area contributed by atoms with Crippen LogP contribution in [0.1, 0.15) is 16.6 Å². The van der Waals surface area contributed by atoms with Gasteiger partial charge in [-0.15, -0.1) is 23.1 Å². The first-order chi connectivity index (χ1) is 7.69. The van der Waals surface area contributed by atoms with Crippen LogP contribution in [0.15, 0.2) is 5.03 Å². The Balaban J connectivity index is 2.52. The lowest BCUT2D eigenvalue weighted by Crippen LogP contribution is -2.04. The van der Waals surface area contributed by atoms with Crippen molar-refractivity contribution in [1.29, 1.82) is 0 Å². The van der Waals surface area contributed by atoms with Gasteiger partial charge in [0.2, 0.25) is 0 Å². The van der Waals surface area contributed by atoms with Crippen molar-refractivity contribution in [3.8, 4) is 0 Å². The van der Waals surface area contributed by atoms with Crippen molar-refractivity contribution in [3.63, 3.8) is 0 Å². The fourth-order valence-electron chi connectivity index (χ4n) is 1.31. The highest BCUT2D eigenvalue weighted by Crippen LogP contribution is 2.41. The number of hydrogen-bond donors (Lipinski definition) is 1. The van der Waals surface area contributed by atoms with E-state index in [1.54, 1.807) is 6.92 Å². The molecule has 2 rings (SSSR count). The zero-order chi connectivity index (χ0) is 11.7. The number of aromatic nitrogens is 1. The van der Waals surface area contributed by atoms with Gasteiger partial charge in [0.15, 0.2) is 0 Å². The first kappa shape index (κ1) is 11.7. The Kier molecular flexibility index (Phi) is 3.36. The molecule has 7 heteroatoms. The highest BCUT2D eigenvalue weighted by Gasteiger charge is 2.21. The van der Waals surface area contributed by atoms with Gasteiger partial charge in [-0.3, -0.25) is 0 Å². The first-order valence-electron chi connectivity index (χ1n) is 4.57. The predicted octanol–water partition coefficient (Wildman–Crippen LogP) is 2.84. The summed E-state index contributed by atoms with van der Waals surface area (Å²) in [5.41, 5.74) is 6.45. The summed E-state index contributed by atoms with van der Waals surface area (Å²) in [6.07, 6.45) is 1.94. The molecule has 0 unspecified atom stereocenters. The summed E-state index contributed by atoms with van der Waals surface area (Å²) in [6.45, 7) is 2.14. The minimum atomic E-state index is -0.347. The van der Waals surface area contributed by atoms with Crippen LogP contribution in [0.25, 0.3) is 9.40 Å². The Bertz CT molecular complexity index is 532. The highest BCUT2D eigenvalue weighted by molar-refractivity contribution is 7.98. The number of thioether (sulfide) groups is 1. The summed E-state index contributed by atoms with van der Waals surface area (Å²) in [5.74, 6) is -0.347. The lowest BCUT2D eigenvalue weighted by molar-refractivity contribution is 0.0533. The van der Waals surface area contributed by atoms with Crippen molar-refractivity contribution < 1.29 is 9.53 Å². The molecule has 0 fully saturated rings. The molecule has 0 radical (unpaired) electrons. The Hall–Kier alpha value is -0.790. The van der Waals surface area contributed by atoms with Gasteiger partial charge in [-0.1, -0.05) is 0 Å². The molecule has 4 nitrogen and oxygen atoms in total. The van der Waals surface area contributed by atoms with Crippen molar-refractivity contribution in [2.24, 2.45) is 0 Å². The number of ether oxygens (including phenoxy) is 1. The van der Waals surface area contributed by atoms with Gasteiger partial charge in [0.25, 0.3) is 0 Å². The number of nitrogens with two attached hydrogens (primary N) is 1. The smallest absolute Gasteiger partial charge is 0.350 e. The van der Waals surface area contributed by atoms with E-state index in [2.05, 4.69) is 4.37 Å². The molecule has 2 heterocycles. The second kappa shape index (κ2) is 4.60. The molecule has 0 amide bonds. The highest BCUT2D eigenvalue weighted by atomic mass is 32.2. The number of hydrogen-bond acceptors (Lipinski definition) is 7. The summed E-state index contributed by atoms with van der Waals surface area (Å²) in [5, 5.41) is 1.77. The lowest BCUT2D eigenvalue weighted by Gasteiger charge is -1.99. The number of carbonyl (C=O) groups excluding carboxylic acids is 1. The molecule has 16 heavy (non-hydrogen) atoms. The Labute approximate surface area is 105 Å². The van der Waals surface area contributed by atoms with Crippen molar-refractivity contribution in [3.05, 3.63) is 4.88 Å². The van der Waals surface area contributed by atoms with Crippen molar-refractivity contribution in [1.82, 2.24) is 4.37 Å².